The molecule has 36 heavy (non-hydrogen) atoms. The van der Waals surface area contributed by atoms with Crippen molar-refractivity contribution in [3.8, 4) is 5.75 Å². The Morgan fingerprint density at radius 2 is 1.75 bits per heavy atom. The second-order valence-electron chi connectivity index (χ2n) is 8.87. The molecule has 8 nitrogen and oxygen atoms in total. The van der Waals surface area contributed by atoms with Gasteiger partial charge in [-0.15, -0.1) is 0 Å². The van der Waals surface area contributed by atoms with Gasteiger partial charge in [0.25, 0.3) is 0 Å². The first kappa shape index (κ1) is 26.5. The van der Waals surface area contributed by atoms with Gasteiger partial charge in [-0.05, 0) is 50.4 Å². The van der Waals surface area contributed by atoms with E-state index in [1.807, 2.05) is 0 Å². The second-order valence-corrected chi connectivity index (χ2v) is 9.69. The van der Waals surface area contributed by atoms with Crippen molar-refractivity contribution in [2.45, 2.75) is 19.4 Å². The Morgan fingerprint density at radius 3 is 2.39 bits per heavy atom. The molecule has 3 aromatic rings. The van der Waals surface area contributed by atoms with Gasteiger partial charge in [0.05, 0.1) is 15.8 Å². The number of hydrogen-bond acceptors (Lipinski definition) is 9. The summed E-state index contributed by atoms with van der Waals surface area (Å²) in [7, 11) is 0. The van der Waals surface area contributed by atoms with Gasteiger partial charge in [0.1, 0.15) is 12.4 Å². The van der Waals surface area contributed by atoms with Crippen molar-refractivity contribution in [2.24, 2.45) is 5.41 Å². The predicted molar refractivity (Wildman–Crippen MR) is 149 cm³/mol. The summed E-state index contributed by atoms with van der Waals surface area (Å²) in [4.78, 5) is 15.2. The number of benzene rings is 1. The molecule has 2 aliphatic heterocycles. The van der Waals surface area contributed by atoms with Gasteiger partial charge in [-0.25, -0.2) is 9.97 Å². The van der Waals surface area contributed by atoms with Crippen LogP contribution in [0.4, 0.5) is 11.6 Å². The second kappa shape index (κ2) is 11.6. The lowest BCUT2D eigenvalue weighted by molar-refractivity contribution is 0.148. The van der Waals surface area contributed by atoms with Gasteiger partial charge in [-0.3, -0.25) is 10.4 Å². The number of thiol groups is 1. The highest BCUT2D eigenvalue weighted by Crippen LogP contribution is 2.40. The highest BCUT2D eigenvalue weighted by atomic mass is 35.5. The summed E-state index contributed by atoms with van der Waals surface area (Å²) < 4.78 is 5.87. The van der Waals surface area contributed by atoms with Crippen LogP contribution in [0.5, 0.6) is 5.75 Å². The molecule has 1 spiro atoms. The molecule has 0 amide bonds. The van der Waals surface area contributed by atoms with Gasteiger partial charge in [-0.2, -0.15) is 12.6 Å². The van der Waals surface area contributed by atoms with E-state index in [1.54, 1.807) is 36.8 Å². The monoisotopic (exact) mass is 545 g/mol. The van der Waals surface area contributed by atoms with Crippen molar-refractivity contribution < 1.29 is 4.74 Å². The van der Waals surface area contributed by atoms with E-state index in [4.69, 9.17) is 39.1 Å². The molecule has 4 N–H and O–H groups in total. The van der Waals surface area contributed by atoms with Crippen LogP contribution >= 0.6 is 35.8 Å². The molecular weight excluding hydrogens is 517 g/mol. The van der Waals surface area contributed by atoms with Crippen LogP contribution in [0, 0.1) is 10.8 Å². The van der Waals surface area contributed by atoms with Gasteiger partial charge >= 0.3 is 0 Å². The van der Waals surface area contributed by atoms with Crippen LogP contribution in [0.25, 0.3) is 0 Å². The highest BCUT2D eigenvalue weighted by molar-refractivity contribution is 7.79. The summed E-state index contributed by atoms with van der Waals surface area (Å²) in [5.41, 5.74) is 9.05. The van der Waals surface area contributed by atoms with Crippen LogP contribution in [0.2, 0.25) is 10.0 Å². The number of nitrogen functional groups attached to an aromatic ring is 1. The fourth-order valence-corrected chi connectivity index (χ4v) is 4.99. The molecule has 1 aromatic carbocycles. The molecule has 190 valence electrons. The number of aromatic nitrogens is 3. The average molecular weight is 547 g/mol. The summed E-state index contributed by atoms with van der Waals surface area (Å²) in [5, 5.41) is 13.0. The summed E-state index contributed by atoms with van der Waals surface area (Å²) in [5.74, 6) is 1.25. The number of nitrogens with zero attached hydrogens (tertiary/aromatic N) is 4. The Bertz CT molecular complexity index is 1190. The first-order chi connectivity index (χ1) is 17.4. The van der Waals surface area contributed by atoms with Crippen LogP contribution in [-0.4, -0.2) is 53.1 Å². The molecule has 11 heteroatoms. The lowest BCUT2D eigenvalue weighted by Gasteiger charge is -2.52. The molecule has 2 aliphatic rings. The quantitative estimate of drug-likeness (QED) is 0.205. The Labute approximate surface area is 226 Å². The van der Waals surface area contributed by atoms with Crippen molar-refractivity contribution in [2.75, 3.05) is 43.1 Å². The minimum atomic E-state index is 0.169. The molecular formula is C25H29Cl2N7OS. The lowest BCUT2D eigenvalue weighted by atomic mass is 9.72. The first-order valence-corrected chi connectivity index (χ1v) is 13.2. The number of hydrogen-bond donors (Lipinski definition) is 4. The summed E-state index contributed by atoms with van der Waals surface area (Å²) in [6.07, 6.45) is 10.5. The zero-order valence-electron chi connectivity index (χ0n) is 20.0. The largest absolute Gasteiger partial charge is 0.489 e. The van der Waals surface area contributed by atoms with Crippen LogP contribution in [0.3, 0.4) is 0 Å². The third-order valence-electron chi connectivity index (χ3n) is 6.56. The topological polar surface area (TPSA) is 113 Å². The number of pyridine rings is 1. The molecule has 5 rings (SSSR count). The van der Waals surface area contributed by atoms with Crippen molar-refractivity contribution in [1.29, 1.82) is 5.41 Å². The average Bonchev–Trinajstić information content (AvgIpc) is 2.89. The lowest BCUT2D eigenvalue weighted by Crippen LogP contribution is -2.60. The molecule has 0 bridgehead atoms. The minimum Gasteiger partial charge on any atom is -0.489 e. The van der Waals surface area contributed by atoms with Crippen LogP contribution in [-0.2, 0) is 6.61 Å². The van der Waals surface area contributed by atoms with Gasteiger partial charge in [0, 0.05) is 65.7 Å². The third kappa shape index (κ3) is 5.70. The van der Waals surface area contributed by atoms with E-state index in [0.29, 0.717) is 49.5 Å². The van der Waals surface area contributed by atoms with E-state index in [1.165, 1.54) is 25.2 Å². The van der Waals surface area contributed by atoms with Gasteiger partial charge in [-0.1, -0.05) is 23.2 Å². The fraction of sp³-hybridized carbons (Fsp3) is 0.360. The van der Waals surface area contributed by atoms with Crippen molar-refractivity contribution >= 4 is 53.2 Å². The standard InChI is InChI=1S/C24H25Cl2N7O.CH4S/c25-19-10-30-11-20(26)18(19)12-34-16-1-2-21(27)17(7-16)22(28)15-8-31-23(32-9-15)33-13-24(14-33)3-5-29-6-4-24;1-2/h1-2,7-11,28-29H,3-6,12-14,27H2;2H,1H3. The number of nitrogens with two attached hydrogens (primary N) is 1. The molecule has 2 aromatic heterocycles. The molecule has 2 fully saturated rings. The minimum absolute atomic E-state index is 0.169. The van der Waals surface area contributed by atoms with E-state index in [9.17, 15) is 0 Å². The normalized spacial score (nSPS) is 16.1. The Kier molecular flexibility index (Phi) is 8.56. The molecule has 0 radical (unpaired) electrons. The maximum atomic E-state index is 8.68. The first-order valence-electron chi connectivity index (χ1n) is 11.6. The SMILES string of the molecule is CS.N=C(c1cnc(N2CC3(CCNCC3)C2)nc1)c1cc(OCc2c(Cl)cncc2Cl)ccc1N. The molecule has 2 saturated heterocycles. The third-order valence-corrected chi connectivity index (χ3v) is 7.21. The number of piperidine rings is 1. The van der Waals surface area contributed by atoms with E-state index >= 15 is 0 Å². The highest BCUT2D eigenvalue weighted by Gasteiger charge is 2.44. The van der Waals surface area contributed by atoms with E-state index in [-0.39, 0.29) is 12.3 Å². The molecule has 0 saturated carbocycles. The molecule has 0 aliphatic carbocycles. The van der Waals surface area contributed by atoms with Crippen LogP contribution < -0.4 is 20.7 Å². The smallest absolute Gasteiger partial charge is 0.225 e. The van der Waals surface area contributed by atoms with Crippen molar-refractivity contribution in [3.63, 3.8) is 0 Å². The van der Waals surface area contributed by atoms with Crippen LogP contribution in [0.15, 0.2) is 43.0 Å². The number of halogens is 2. The van der Waals surface area contributed by atoms with Gasteiger partial charge < -0.3 is 20.7 Å². The maximum Gasteiger partial charge on any atom is 0.225 e. The Hall–Kier alpha value is -2.59. The zero-order valence-corrected chi connectivity index (χ0v) is 22.4. The zero-order chi connectivity index (χ0) is 25.7. The Morgan fingerprint density at radius 1 is 1.11 bits per heavy atom. The number of nitrogens with one attached hydrogen (secondary N) is 2. The van der Waals surface area contributed by atoms with Crippen molar-refractivity contribution in [1.82, 2.24) is 20.3 Å². The maximum absolute atomic E-state index is 8.68. The predicted octanol–water partition coefficient (Wildman–Crippen LogP) is 4.49. The summed E-state index contributed by atoms with van der Waals surface area (Å²) in [6.45, 7) is 4.31. The number of ether oxygens (including phenoxy) is 1. The molecule has 4 heterocycles. The Balaban J connectivity index is 0.00000148. The molecule has 0 atom stereocenters. The van der Waals surface area contributed by atoms with Gasteiger partial charge in [0.2, 0.25) is 5.95 Å². The molecule has 0 unspecified atom stereocenters. The summed E-state index contributed by atoms with van der Waals surface area (Å²) >= 11 is 15.9. The number of anilines is 2. The number of rotatable bonds is 6. The van der Waals surface area contributed by atoms with Gasteiger partial charge in [0.15, 0.2) is 0 Å². The summed E-state index contributed by atoms with van der Waals surface area (Å²) in [6, 6.07) is 5.18. The van der Waals surface area contributed by atoms with Crippen molar-refractivity contribution in [3.05, 3.63) is 69.7 Å². The van der Waals surface area contributed by atoms with Crippen LogP contribution in [0.1, 0.15) is 29.5 Å². The van der Waals surface area contributed by atoms with E-state index < -0.39 is 0 Å². The van der Waals surface area contributed by atoms with E-state index in [2.05, 4.69) is 37.8 Å². The van der Waals surface area contributed by atoms with E-state index in [0.717, 1.165) is 26.2 Å². The fourth-order valence-electron chi connectivity index (χ4n) is 4.52.